The standard InChI is InChI=1S/C18H17N3O2/c1-2-13-5-3-4-6-16(13)21-18(23)14-7-9-15(10-8-14)20-17(22)11-12-19/h3-10H,2,11H2,1H3,(H,20,22)(H,21,23). The lowest BCUT2D eigenvalue weighted by Gasteiger charge is -2.10. The van der Waals surface area contributed by atoms with Crippen LogP contribution in [-0.4, -0.2) is 11.8 Å². The molecule has 0 aliphatic carbocycles. The average molecular weight is 307 g/mol. The second-order valence-electron chi connectivity index (χ2n) is 4.93. The van der Waals surface area contributed by atoms with E-state index in [0.717, 1.165) is 17.7 Å². The maximum Gasteiger partial charge on any atom is 0.255 e. The lowest BCUT2D eigenvalue weighted by molar-refractivity contribution is -0.115. The summed E-state index contributed by atoms with van der Waals surface area (Å²) in [6.45, 7) is 2.03. The predicted molar refractivity (Wildman–Crippen MR) is 89.1 cm³/mol. The Bertz CT molecular complexity index is 746. The Hall–Kier alpha value is -3.13. The molecule has 0 bridgehead atoms. The van der Waals surface area contributed by atoms with Gasteiger partial charge in [-0.3, -0.25) is 9.59 Å². The molecule has 0 unspecified atom stereocenters. The van der Waals surface area contributed by atoms with Gasteiger partial charge in [-0.2, -0.15) is 5.26 Å². The molecule has 23 heavy (non-hydrogen) atoms. The molecule has 5 nitrogen and oxygen atoms in total. The van der Waals surface area contributed by atoms with Crippen molar-refractivity contribution in [2.24, 2.45) is 0 Å². The second kappa shape index (κ2) is 7.76. The maximum atomic E-state index is 12.3. The summed E-state index contributed by atoms with van der Waals surface area (Å²) in [7, 11) is 0. The number of anilines is 2. The van der Waals surface area contributed by atoms with Crippen molar-refractivity contribution < 1.29 is 9.59 Å². The zero-order valence-corrected chi connectivity index (χ0v) is 12.8. The van der Waals surface area contributed by atoms with E-state index in [9.17, 15) is 9.59 Å². The van der Waals surface area contributed by atoms with E-state index in [1.54, 1.807) is 30.3 Å². The van der Waals surface area contributed by atoms with Crippen molar-refractivity contribution in [3.63, 3.8) is 0 Å². The van der Waals surface area contributed by atoms with Crippen molar-refractivity contribution in [3.8, 4) is 6.07 Å². The van der Waals surface area contributed by atoms with E-state index in [-0.39, 0.29) is 18.2 Å². The van der Waals surface area contributed by atoms with E-state index in [1.807, 2.05) is 31.2 Å². The van der Waals surface area contributed by atoms with Crippen molar-refractivity contribution in [2.45, 2.75) is 19.8 Å². The molecule has 2 aromatic carbocycles. The number of rotatable bonds is 5. The number of nitriles is 1. The number of carbonyl (C=O) groups is 2. The molecule has 0 fully saturated rings. The number of amides is 2. The summed E-state index contributed by atoms with van der Waals surface area (Å²) in [5.41, 5.74) is 2.91. The van der Waals surface area contributed by atoms with E-state index >= 15 is 0 Å². The smallest absolute Gasteiger partial charge is 0.255 e. The highest BCUT2D eigenvalue weighted by Crippen LogP contribution is 2.17. The Kier molecular flexibility index (Phi) is 5.48. The molecule has 0 saturated carbocycles. The van der Waals surface area contributed by atoms with E-state index in [1.165, 1.54) is 0 Å². The average Bonchev–Trinajstić information content (AvgIpc) is 2.56. The summed E-state index contributed by atoms with van der Waals surface area (Å²) >= 11 is 0. The van der Waals surface area contributed by atoms with Gasteiger partial charge in [0.1, 0.15) is 6.42 Å². The van der Waals surface area contributed by atoms with Crippen molar-refractivity contribution in [1.82, 2.24) is 0 Å². The van der Waals surface area contributed by atoms with Crippen LogP contribution in [0.25, 0.3) is 0 Å². The van der Waals surface area contributed by atoms with Crippen LogP contribution in [-0.2, 0) is 11.2 Å². The summed E-state index contributed by atoms with van der Waals surface area (Å²) in [6.07, 6.45) is 0.635. The highest BCUT2D eigenvalue weighted by Gasteiger charge is 2.09. The van der Waals surface area contributed by atoms with Gasteiger partial charge in [0.15, 0.2) is 0 Å². The molecule has 2 rings (SSSR count). The van der Waals surface area contributed by atoms with Crippen LogP contribution in [0.1, 0.15) is 29.3 Å². The van der Waals surface area contributed by atoms with Crippen LogP contribution < -0.4 is 10.6 Å². The minimum atomic E-state index is -0.374. The molecule has 2 N–H and O–H groups in total. The van der Waals surface area contributed by atoms with Gasteiger partial charge in [0.05, 0.1) is 6.07 Å². The zero-order valence-electron chi connectivity index (χ0n) is 12.8. The van der Waals surface area contributed by atoms with Crippen molar-refractivity contribution in [3.05, 3.63) is 59.7 Å². The van der Waals surface area contributed by atoms with Crippen LogP contribution in [0.5, 0.6) is 0 Å². The number of hydrogen-bond donors (Lipinski definition) is 2. The molecule has 5 heteroatoms. The summed E-state index contributed by atoms with van der Waals surface area (Å²) in [5, 5.41) is 13.9. The maximum absolute atomic E-state index is 12.3. The van der Waals surface area contributed by atoms with E-state index in [2.05, 4.69) is 10.6 Å². The molecule has 0 atom stereocenters. The molecule has 116 valence electrons. The number of nitrogens with one attached hydrogen (secondary N) is 2. The third-order valence-electron chi connectivity index (χ3n) is 3.32. The number of carbonyl (C=O) groups excluding carboxylic acids is 2. The number of aryl methyl sites for hydroxylation is 1. The first-order valence-corrected chi connectivity index (χ1v) is 7.30. The summed E-state index contributed by atoms with van der Waals surface area (Å²) in [5.74, 6) is -0.581. The molecular formula is C18H17N3O2. The fourth-order valence-corrected chi connectivity index (χ4v) is 2.13. The molecule has 0 saturated heterocycles. The monoisotopic (exact) mass is 307 g/mol. The first-order chi connectivity index (χ1) is 11.1. The Morgan fingerprint density at radius 2 is 1.74 bits per heavy atom. The fraction of sp³-hybridized carbons (Fsp3) is 0.167. The van der Waals surface area contributed by atoms with Gasteiger partial charge in [0.2, 0.25) is 5.91 Å². The van der Waals surface area contributed by atoms with Gasteiger partial charge < -0.3 is 10.6 Å². The van der Waals surface area contributed by atoms with Crippen molar-refractivity contribution in [1.29, 1.82) is 5.26 Å². The van der Waals surface area contributed by atoms with Crippen molar-refractivity contribution in [2.75, 3.05) is 10.6 Å². The Labute approximate surface area is 134 Å². The summed E-state index contributed by atoms with van der Waals surface area (Å²) < 4.78 is 0. The third kappa shape index (κ3) is 4.42. The first kappa shape index (κ1) is 16.2. The van der Waals surface area contributed by atoms with Gasteiger partial charge in [-0.25, -0.2) is 0 Å². The van der Waals surface area contributed by atoms with Gasteiger partial charge in [-0.1, -0.05) is 25.1 Å². The molecule has 0 spiro atoms. The third-order valence-corrected chi connectivity index (χ3v) is 3.32. The zero-order chi connectivity index (χ0) is 16.7. The van der Waals surface area contributed by atoms with E-state index in [0.29, 0.717) is 11.3 Å². The number of hydrogen-bond acceptors (Lipinski definition) is 3. The lowest BCUT2D eigenvalue weighted by Crippen LogP contribution is -2.14. The molecular weight excluding hydrogens is 290 g/mol. The van der Waals surface area contributed by atoms with Gasteiger partial charge in [-0.05, 0) is 42.3 Å². The van der Waals surface area contributed by atoms with Crippen molar-refractivity contribution >= 4 is 23.2 Å². The molecule has 2 aromatic rings. The van der Waals surface area contributed by atoms with Crippen LogP contribution >= 0.6 is 0 Å². The quantitative estimate of drug-likeness (QED) is 0.888. The van der Waals surface area contributed by atoms with Gasteiger partial charge in [-0.15, -0.1) is 0 Å². The van der Waals surface area contributed by atoms with Crippen LogP contribution in [0.4, 0.5) is 11.4 Å². The molecule has 0 aliphatic rings. The largest absolute Gasteiger partial charge is 0.325 e. The molecule has 2 amide bonds. The molecule has 0 aliphatic heterocycles. The second-order valence-corrected chi connectivity index (χ2v) is 4.93. The van der Waals surface area contributed by atoms with Gasteiger partial charge in [0, 0.05) is 16.9 Å². The lowest BCUT2D eigenvalue weighted by atomic mass is 10.1. The van der Waals surface area contributed by atoms with Gasteiger partial charge in [0.25, 0.3) is 5.91 Å². The topological polar surface area (TPSA) is 82.0 Å². The number of benzene rings is 2. The van der Waals surface area contributed by atoms with E-state index < -0.39 is 0 Å². The fourth-order valence-electron chi connectivity index (χ4n) is 2.13. The number of nitrogens with zero attached hydrogens (tertiary/aromatic N) is 1. The normalized spacial score (nSPS) is 9.74. The molecule has 0 aromatic heterocycles. The summed E-state index contributed by atoms with van der Waals surface area (Å²) in [6, 6.07) is 16.0. The van der Waals surface area contributed by atoms with Crippen LogP contribution in [0.15, 0.2) is 48.5 Å². The SMILES string of the molecule is CCc1ccccc1NC(=O)c1ccc(NC(=O)CC#N)cc1. The van der Waals surface area contributed by atoms with Crippen LogP contribution in [0.3, 0.4) is 0 Å². The Morgan fingerprint density at radius 1 is 1.04 bits per heavy atom. The molecule has 0 heterocycles. The summed E-state index contributed by atoms with van der Waals surface area (Å²) in [4.78, 5) is 23.6. The molecule has 0 radical (unpaired) electrons. The Morgan fingerprint density at radius 3 is 2.39 bits per heavy atom. The van der Waals surface area contributed by atoms with E-state index in [4.69, 9.17) is 5.26 Å². The van der Waals surface area contributed by atoms with Gasteiger partial charge >= 0.3 is 0 Å². The minimum Gasteiger partial charge on any atom is -0.325 e. The predicted octanol–water partition coefficient (Wildman–Crippen LogP) is 3.35. The van der Waals surface area contributed by atoms with Crippen LogP contribution in [0, 0.1) is 11.3 Å². The Balaban J connectivity index is 2.06. The highest BCUT2D eigenvalue weighted by molar-refractivity contribution is 6.05. The minimum absolute atomic E-state index is 0.198. The van der Waals surface area contributed by atoms with Crippen LogP contribution in [0.2, 0.25) is 0 Å². The highest BCUT2D eigenvalue weighted by atomic mass is 16.2. The number of para-hydroxylation sites is 1. The first-order valence-electron chi connectivity index (χ1n) is 7.30.